The molecule has 1 atom stereocenters. The first kappa shape index (κ1) is 18.2. The van der Waals surface area contributed by atoms with Crippen LogP contribution >= 0.6 is 0 Å². The van der Waals surface area contributed by atoms with E-state index in [1.807, 2.05) is 24.3 Å². The van der Waals surface area contributed by atoms with Crippen molar-refractivity contribution in [2.24, 2.45) is 5.73 Å². The predicted octanol–water partition coefficient (Wildman–Crippen LogP) is 1.11. The molecule has 7 nitrogen and oxygen atoms in total. The second-order valence-corrected chi connectivity index (χ2v) is 6.13. The van der Waals surface area contributed by atoms with Gasteiger partial charge in [0.15, 0.2) is 0 Å². The largest absolute Gasteiger partial charge is 0.368 e. The average molecular weight is 364 g/mol. The number of primary amides is 1. The van der Waals surface area contributed by atoms with Gasteiger partial charge in [0.25, 0.3) is 5.91 Å². The van der Waals surface area contributed by atoms with Gasteiger partial charge in [-0.05, 0) is 23.8 Å². The maximum absolute atomic E-state index is 12.1. The smallest absolute Gasteiger partial charge is 0.251 e. The summed E-state index contributed by atoms with van der Waals surface area (Å²) < 4.78 is 0. The third-order valence-corrected chi connectivity index (χ3v) is 4.22. The number of benzene rings is 2. The van der Waals surface area contributed by atoms with Crippen LogP contribution in [0.15, 0.2) is 60.8 Å². The van der Waals surface area contributed by atoms with E-state index < -0.39 is 17.9 Å². The lowest BCUT2D eigenvalue weighted by Gasteiger charge is -2.15. The number of nitrogens with one attached hydrogen (secondary N) is 3. The standard InChI is InChI=1S/C20H20N4O3/c21-19(26)17(10-14-11-22-16-9-5-4-8-15(14)16)24-18(25)12-23-20(27)13-6-2-1-3-7-13/h1-9,11,17,22H,10,12H2,(H2,21,26)(H,23,27)(H,24,25)/t17-/m0/s1. The average Bonchev–Trinajstić information content (AvgIpc) is 3.09. The van der Waals surface area contributed by atoms with Crippen molar-refractivity contribution in [1.82, 2.24) is 15.6 Å². The predicted molar refractivity (Wildman–Crippen MR) is 102 cm³/mol. The summed E-state index contributed by atoms with van der Waals surface area (Å²) >= 11 is 0. The molecule has 0 fully saturated rings. The fourth-order valence-electron chi connectivity index (χ4n) is 2.84. The van der Waals surface area contributed by atoms with Crippen LogP contribution in [0.5, 0.6) is 0 Å². The molecule has 1 aromatic heterocycles. The minimum atomic E-state index is -0.870. The summed E-state index contributed by atoms with van der Waals surface area (Å²) in [6.45, 7) is -0.245. The summed E-state index contributed by atoms with van der Waals surface area (Å²) in [5, 5.41) is 6.07. The zero-order valence-electron chi connectivity index (χ0n) is 14.6. The molecule has 0 aliphatic carbocycles. The second kappa shape index (κ2) is 8.18. The number of aromatic amines is 1. The molecule has 5 N–H and O–H groups in total. The number of hydrogen-bond acceptors (Lipinski definition) is 3. The number of para-hydroxylation sites is 1. The first-order chi connectivity index (χ1) is 13.0. The number of nitrogens with two attached hydrogens (primary N) is 1. The van der Waals surface area contributed by atoms with Crippen molar-refractivity contribution < 1.29 is 14.4 Å². The second-order valence-electron chi connectivity index (χ2n) is 6.13. The van der Waals surface area contributed by atoms with E-state index in [2.05, 4.69) is 15.6 Å². The Kier molecular flexibility index (Phi) is 5.51. The molecule has 1 heterocycles. The van der Waals surface area contributed by atoms with Gasteiger partial charge in [0.2, 0.25) is 11.8 Å². The Hall–Kier alpha value is -3.61. The SMILES string of the molecule is NC(=O)[C@H](Cc1c[nH]c2ccccc12)NC(=O)CNC(=O)c1ccccc1. The molecular weight excluding hydrogens is 344 g/mol. The van der Waals surface area contributed by atoms with Crippen LogP contribution < -0.4 is 16.4 Å². The van der Waals surface area contributed by atoms with Gasteiger partial charge in [-0.1, -0.05) is 36.4 Å². The van der Waals surface area contributed by atoms with Crippen LogP contribution in [0.1, 0.15) is 15.9 Å². The van der Waals surface area contributed by atoms with Crippen LogP contribution in [0.3, 0.4) is 0 Å². The molecule has 0 bridgehead atoms. The van der Waals surface area contributed by atoms with Crippen LogP contribution in [0, 0.1) is 0 Å². The third-order valence-electron chi connectivity index (χ3n) is 4.22. The highest BCUT2D eigenvalue weighted by Gasteiger charge is 2.20. The van der Waals surface area contributed by atoms with Crippen molar-refractivity contribution in [2.45, 2.75) is 12.5 Å². The highest BCUT2D eigenvalue weighted by molar-refractivity contribution is 5.97. The molecule has 0 radical (unpaired) electrons. The van der Waals surface area contributed by atoms with Crippen LogP contribution in [-0.4, -0.2) is 35.3 Å². The summed E-state index contributed by atoms with van der Waals surface area (Å²) in [4.78, 5) is 39.0. The van der Waals surface area contributed by atoms with Gasteiger partial charge in [-0.3, -0.25) is 14.4 Å². The van der Waals surface area contributed by atoms with Gasteiger partial charge in [-0.25, -0.2) is 0 Å². The molecule has 0 saturated heterocycles. The number of H-pyrrole nitrogens is 1. The summed E-state index contributed by atoms with van der Waals surface area (Å²) in [6, 6.07) is 15.4. The lowest BCUT2D eigenvalue weighted by atomic mass is 10.0. The van der Waals surface area contributed by atoms with E-state index >= 15 is 0 Å². The zero-order chi connectivity index (χ0) is 19.2. The van der Waals surface area contributed by atoms with Crippen molar-refractivity contribution in [3.63, 3.8) is 0 Å². The van der Waals surface area contributed by atoms with Crippen LogP contribution in [-0.2, 0) is 16.0 Å². The fourth-order valence-corrected chi connectivity index (χ4v) is 2.84. The van der Waals surface area contributed by atoms with Gasteiger partial charge < -0.3 is 21.4 Å². The van der Waals surface area contributed by atoms with Crippen molar-refractivity contribution in [3.8, 4) is 0 Å². The fraction of sp³-hybridized carbons (Fsp3) is 0.150. The summed E-state index contributed by atoms with van der Waals surface area (Å²) in [5.41, 5.74) is 7.72. The monoisotopic (exact) mass is 364 g/mol. The molecule has 27 heavy (non-hydrogen) atoms. The Morgan fingerprint density at radius 2 is 1.70 bits per heavy atom. The molecule has 138 valence electrons. The van der Waals surface area contributed by atoms with E-state index in [4.69, 9.17) is 5.73 Å². The molecule has 3 rings (SSSR count). The van der Waals surface area contributed by atoms with Gasteiger partial charge >= 0.3 is 0 Å². The lowest BCUT2D eigenvalue weighted by Crippen LogP contribution is -2.49. The van der Waals surface area contributed by atoms with Gasteiger partial charge in [0.05, 0.1) is 6.54 Å². The molecule has 7 heteroatoms. The number of fused-ring (bicyclic) bond motifs is 1. The number of rotatable bonds is 7. The Morgan fingerprint density at radius 3 is 2.44 bits per heavy atom. The van der Waals surface area contributed by atoms with Crippen molar-refractivity contribution in [3.05, 3.63) is 71.9 Å². The molecule has 0 unspecified atom stereocenters. The van der Waals surface area contributed by atoms with Gasteiger partial charge in [-0.2, -0.15) is 0 Å². The Labute approximate surface area is 155 Å². The highest BCUT2D eigenvalue weighted by atomic mass is 16.2. The van der Waals surface area contributed by atoms with Crippen molar-refractivity contribution in [1.29, 1.82) is 0 Å². The topological polar surface area (TPSA) is 117 Å². The van der Waals surface area contributed by atoms with Gasteiger partial charge in [-0.15, -0.1) is 0 Å². The molecule has 2 aromatic carbocycles. The number of carbonyl (C=O) groups excluding carboxylic acids is 3. The Bertz CT molecular complexity index is 966. The molecule has 0 spiro atoms. The maximum atomic E-state index is 12.1. The van der Waals surface area contributed by atoms with Crippen LogP contribution in [0.2, 0.25) is 0 Å². The zero-order valence-corrected chi connectivity index (χ0v) is 14.6. The first-order valence-corrected chi connectivity index (χ1v) is 8.51. The normalized spacial score (nSPS) is 11.7. The number of carbonyl (C=O) groups is 3. The third kappa shape index (κ3) is 4.52. The van der Waals surface area contributed by atoms with Gasteiger partial charge in [0, 0.05) is 29.1 Å². The molecule has 0 aliphatic heterocycles. The van der Waals surface area contributed by atoms with Gasteiger partial charge in [0.1, 0.15) is 6.04 Å². The summed E-state index contributed by atoms with van der Waals surface area (Å²) in [7, 11) is 0. The minimum Gasteiger partial charge on any atom is -0.368 e. The van der Waals surface area contributed by atoms with Crippen LogP contribution in [0.25, 0.3) is 10.9 Å². The first-order valence-electron chi connectivity index (χ1n) is 8.51. The lowest BCUT2D eigenvalue weighted by molar-refractivity contribution is -0.126. The van der Waals surface area contributed by atoms with Crippen LogP contribution in [0.4, 0.5) is 0 Å². The van der Waals surface area contributed by atoms with E-state index in [1.54, 1.807) is 36.5 Å². The van der Waals surface area contributed by atoms with Crippen molar-refractivity contribution in [2.75, 3.05) is 6.54 Å². The number of hydrogen-bond donors (Lipinski definition) is 4. The van der Waals surface area contributed by atoms with E-state index in [9.17, 15) is 14.4 Å². The maximum Gasteiger partial charge on any atom is 0.251 e. The van der Waals surface area contributed by atoms with E-state index in [0.29, 0.717) is 5.56 Å². The summed E-state index contributed by atoms with van der Waals surface area (Å²) in [6.07, 6.45) is 2.06. The molecular formula is C20H20N4O3. The minimum absolute atomic E-state index is 0.245. The quantitative estimate of drug-likeness (QED) is 0.503. The van der Waals surface area contributed by atoms with E-state index in [1.165, 1.54) is 0 Å². The van der Waals surface area contributed by atoms with Crippen molar-refractivity contribution >= 4 is 28.6 Å². The van der Waals surface area contributed by atoms with E-state index in [-0.39, 0.29) is 18.9 Å². The molecule has 0 saturated carbocycles. The molecule has 3 amide bonds. The molecule has 0 aliphatic rings. The number of amides is 3. The Balaban J connectivity index is 1.60. The molecule has 3 aromatic rings. The highest BCUT2D eigenvalue weighted by Crippen LogP contribution is 2.19. The Morgan fingerprint density at radius 1 is 1.00 bits per heavy atom. The summed E-state index contributed by atoms with van der Waals surface area (Å²) in [5.74, 6) is -1.48. The van der Waals surface area contributed by atoms with E-state index in [0.717, 1.165) is 16.5 Å². The number of aromatic nitrogens is 1.